The molecule has 0 spiro atoms. The first-order chi connectivity index (χ1) is 9.10. The fourth-order valence-corrected chi connectivity index (χ4v) is 3.61. The first-order valence-electron chi connectivity index (χ1n) is 7.72. The molecule has 1 aliphatic heterocycles. The van der Waals surface area contributed by atoms with Crippen molar-refractivity contribution in [3.63, 3.8) is 0 Å². The molecule has 1 saturated carbocycles. The maximum absolute atomic E-state index is 12.6. The van der Waals surface area contributed by atoms with Crippen LogP contribution in [0.4, 0.5) is 0 Å². The fourth-order valence-electron chi connectivity index (χ4n) is 3.61. The highest BCUT2D eigenvalue weighted by Crippen LogP contribution is 2.33. The predicted molar refractivity (Wildman–Crippen MR) is 74.6 cm³/mol. The molecule has 0 aromatic rings. The van der Waals surface area contributed by atoms with Crippen LogP contribution in [0, 0.1) is 5.92 Å². The average Bonchev–Trinajstić information content (AvgIpc) is 2.43. The lowest BCUT2D eigenvalue weighted by molar-refractivity contribution is -0.153. The molecule has 1 heterocycles. The number of amides is 2. The molecule has 4 nitrogen and oxygen atoms in total. The maximum Gasteiger partial charge on any atom is 0.246 e. The van der Waals surface area contributed by atoms with Crippen LogP contribution in [0.25, 0.3) is 0 Å². The maximum atomic E-state index is 12.6. The Kier molecular flexibility index (Phi) is 4.48. The molecule has 0 aromatic heterocycles. The molecule has 4 unspecified atom stereocenters. The van der Waals surface area contributed by atoms with E-state index in [4.69, 9.17) is 0 Å². The van der Waals surface area contributed by atoms with Crippen molar-refractivity contribution in [2.75, 3.05) is 0 Å². The Morgan fingerprint density at radius 3 is 2.47 bits per heavy atom. The van der Waals surface area contributed by atoms with Gasteiger partial charge in [0.25, 0.3) is 0 Å². The normalized spacial score (nSPS) is 36.3. The molecule has 4 heteroatoms. The molecule has 1 saturated heterocycles. The minimum absolute atomic E-state index is 0.00637. The summed E-state index contributed by atoms with van der Waals surface area (Å²) in [7, 11) is 0. The van der Waals surface area contributed by atoms with E-state index in [1.165, 1.54) is 19.3 Å². The van der Waals surface area contributed by atoms with Crippen LogP contribution < -0.4 is 5.32 Å². The summed E-state index contributed by atoms with van der Waals surface area (Å²) in [5.41, 5.74) is 0. The number of nitrogens with zero attached hydrogens (tertiary/aromatic N) is 1. The molecule has 108 valence electrons. The highest BCUT2D eigenvalue weighted by atomic mass is 16.2. The number of hydrogen-bond donors (Lipinski definition) is 1. The average molecular weight is 266 g/mol. The fraction of sp³-hybridized carbons (Fsp3) is 0.867. The van der Waals surface area contributed by atoms with Gasteiger partial charge in [0.05, 0.1) is 0 Å². The zero-order valence-corrected chi connectivity index (χ0v) is 12.3. The van der Waals surface area contributed by atoms with Gasteiger partial charge in [0.1, 0.15) is 12.1 Å². The molecule has 19 heavy (non-hydrogen) atoms. The molecule has 0 radical (unpaired) electrons. The van der Waals surface area contributed by atoms with Gasteiger partial charge in [0.2, 0.25) is 11.8 Å². The van der Waals surface area contributed by atoms with E-state index in [9.17, 15) is 9.59 Å². The van der Waals surface area contributed by atoms with Crippen molar-refractivity contribution in [2.45, 2.75) is 77.4 Å². The van der Waals surface area contributed by atoms with Gasteiger partial charge in [0, 0.05) is 6.04 Å². The van der Waals surface area contributed by atoms with E-state index in [1.807, 2.05) is 18.7 Å². The number of hydrogen-bond acceptors (Lipinski definition) is 2. The number of rotatable bonds is 3. The first-order valence-corrected chi connectivity index (χ1v) is 7.72. The van der Waals surface area contributed by atoms with E-state index < -0.39 is 0 Å². The molecule has 1 N–H and O–H groups in total. The highest BCUT2D eigenvalue weighted by Gasteiger charge is 2.43. The summed E-state index contributed by atoms with van der Waals surface area (Å²) in [6.45, 7) is 6.01. The Balaban J connectivity index is 2.23. The third kappa shape index (κ3) is 2.63. The molecule has 2 amide bonds. The van der Waals surface area contributed by atoms with E-state index >= 15 is 0 Å². The highest BCUT2D eigenvalue weighted by molar-refractivity contribution is 5.96. The Bertz CT molecular complexity index is 356. The van der Waals surface area contributed by atoms with Gasteiger partial charge < -0.3 is 10.2 Å². The van der Waals surface area contributed by atoms with Crippen LogP contribution in [-0.2, 0) is 9.59 Å². The van der Waals surface area contributed by atoms with E-state index in [0.29, 0.717) is 12.3 Å². The first kappa shape index (κ1) is 14.4. The molecule has 0 bridgehead atoms. The molecule has 0 aromatic carbocycles. The summed E-state index contributed by atoms with van der Waals surface area (Å²) in [5, 5.41) is 2.84. The van der Waals surface area contributed by atoms with E-state index in [1.54, 1.807) is 0 Å². The quantitative estimate of drug-likeness (QED) is 0.850. The second-order valence-corrected chi connectivity index (χ2v) is 5.91. The molecule has 2 fully saturated rings. The Morgan fingerprint density at radius 2 is 1.84 bits per heavy atom. The van der Waals surface area contributed by atoms with Gasteiger partial charge in [0.15, 0.2) is 0 Å². The number of piperazine rings is 1. The molecular formula is C15H26N2O2. The largest absolute Gasteiger partial charge is 0.343 e. The Labute approximate surface area is 115 Å². The third-order valence-electron chi connectivity index (χ3n) is 4.82. The standard InChI is InChI=1S/C15H26N2O2/c1-4-11-8-6-7-9-13(11)17-10(3)14(18)16-12(5-2)15(17)19/h10-13H,4-9H2,1-3H3,(H,16,18). The summed E-state index contributed by atoms with van der Waals surface area (Å²) in [4.78, 5) is 26.5. The smallest absolute Gasteiger partial charge is 0.246 e. The van der Waals surface area contributed by atoms with Gasteiger partial charge in [-0.15, -0.1) is 0 Å². The minimum Gasteiger partial charge on any atom is -0.343 e. The van der Waals surface area contributed by atoms with Gasteiger partial charge in [-0.1, -0.05) is 33.1 Å². The monoisotopic (exact) mass is 266 g/mol. The van der Waals surface area contributed by atoms with Crippen LogP contribution in [0.3, 0.4) is 0 Å². The molecule has 2 rings (SSSR count). The van der Waals surface area contributed by atoms with E-state index in [2.05, 4.69) is 12.2 Å². The van der Waals surface area contributed by atoms with E-state index in [-0.39, 0.29) is 29.9 Å². The van der Waals surface area contributed by atoms with Gasteiger partial charge in [-0.2, -0.15) is 0 Å². The van der Waals surface area contributed by atoms with Gasteiger partial charge in [-0.25, -0.2) is 0 Å². The van der Waals surface area contributed by atoms with Crippen LogP contribution in [-0.4, -0.2) is 34.8 Å². The van der Waals surface area contributed by atoms with Crippen molar-refractivity contribution in [2.24, 2.45) is 5.92 Å². The van der Waals surface area contributed by atoms with Gasteiger partial charge in [-0.3, -0.25) is 9.59 Å². The van der Waals surface area contributed by atoms with Crippen LogP contribution in [0.2, 0.25) is 0 Å². The van der Waals surface area contributed by atoms with Crippen molar-refractivity contribution < 1.29 is 9.59 Å². The van der Waals surface area contributed by atoms with E-state index in [0.717, 1.165) is 12.8 Å². The summed E-state index contributed by atoms with van der Waals surface area (Å²) in [6.07, 6.45) is 6.45. The predicted octanol–water partition coefficient (Wildman–Crippen LogP) is 2.08. The van der Waals surface area contributed by atoms with Gasteiger partial charge >= 0.3 is 0 Å². The summed E-state index contributed by atoms with van der Waals surface area (Å²) in [5.74, 6) is 0.690. The van der Waals surface area contributed by atoms with Crippen molar-refractivity contribution in [3.05, 3.63) is 0 Å². The Hall–Kier alpha value is -1.06. The topological polar surface area (TPSA) is 49.4 Å². The van der Waals surface area contributed by atoms with Crippen molar-refractivity contribution in [1.82, 2.24) is 10.2 Å². The molecule has 4 atom stereocenters. The Morgan fingerprint density at radius 1 is 1.16 bits per heavy atom. The third-order valence-corrected chi connectivity index (χ3v) is 4.82. The molecule has 2 aliphatic rings. The minimum atomic E-state index is -0.317. The lowest BCUT2D eigenvalue weighted by Crippen LogP contribution is -2.66. The number of carbonyl (C=O) groups is 2. The second-order valence-electron chi connectivity index (χ2n) is 5.91. The summed E-state index contributed by atoms with van der Waals surface area (Å²) >= 11 is 0. The molecular weight excluding hydrogens is 240 g/mol. The number of nitrogens with one attached hydrogen (secondary N) is 1. The number of carbonyl (C=O) groups excluding carboxylic acids is 2. The van der Waals surface area contributed by atoms with Crippen molar-refractivity contribution in [1.29, 1.82) is 0 Å². The van der Waals surface area contributed by atoms with Crippen molar-refractivity contribution in [3.8, 4) is 0 Å². The van der Waals surface area contributed by atoms with Crippen LogP contribution in [0.15, 0.2) is 0 Å². The SMILES string of the molecule is CCC1NC(=O)C(C)N(C2CCCCC2CC)C1=O. The summed E-state index contributed by atoms with van der Waals surface area (Å²) in [6, 6.07) is -0.364. The lowest BCUT2D eigenvalue weighted by atomic mass is 9.80. The van der Waals surface area contributed by atoms with Crippen LogP contribution >= 0.6 is 0 Å². The lowest BCUT2D eigenvalue weighted by Gasteiger charge is -2.46. The van der Waals surface area contributed by atoms with Crippen LogP contribution in [0.1, 0.15) is 59.3 Å². The zero-order valence-electron chi connectivity index (χ0n) is 12.3. The zero-order chi connectivity index (χ0) is 14.0. The van der Waals surface area contributed by atoms with Gasteiger partial charge in [-0.05, 0) is 32.1 Å². The van der Waals surface area contributed by atoms with Crippen molar-refractivity contribution >= 4 is 11.8 Å². The summed E-state index contributed by atoms with van der Waals surface area (Å²) < 4.78 is 0. The second kappa shape index (κ2) is 5.93. The molecule has 1 aliphatic carbocycles. The van der Waals surface area contributed by atoms with Crippen LogP contribution in [0.5, 0.6) is 0 Å².